The summed E-state index contributed by atoms with van der Waals surface area (Å²) in [6.45, 7) is 3.65. The highest BCUT2D eigenvalue weighted by Gasteiger charge is 2.08. The third kappa shape index (κ3) is 5.98. The van der Waals surface area contributed by atoms with Gasteiger partial charge in [-0.2, -0.15) is 11.3 Å². The van der Waals surface area contributed by atoms with E-state index in [1.807, 2.05) is 12.1 Å². The number of pyridine rings is 1. The average Bonchev–Trinajstić information content (AvgIpc) is 3.09. The monoisotopic (exact) mass is 446 g/mol. The lowest BCUT2D eigenvalue weighted by atomic mass is 10.1. The van der Waals surface area contributed by atoms with Crippen LogP contribution >= 0.6 is 35.3 Å². The smallest absolute Gasteiger partial charge is 0.218 e. The van der Waals surface area contributed by atoms with Crippen LogP contribution in [0.1, 0.15) is 24.0 Å². The minimum absolute atomic E-state index is 0. The van der Waals surface area contributed by atoms with Crippen molar-refractivity contribution in [1.29, 1.82) is 0 Å². The first-order valence-electron chi connectivity index (χ1n) is 7.19. The van der Waals surface area contributed by atoms with Crippen LogP contribution in [0.2, 0.25) is 0 Å². The maximum Gasteiger partial charge on any atom is 0.218 e. The fraction of sp³-hybridized carbons (Fsp3) is 0.375. The summed E-state index contributed by atoms with van der Waals surface area (Å²) in [7, 11) is 3.40. The first-order chi connectivity index (χ1) is 10.7. The molecule has 23 heavy (non-hydrogen) atoms. The number of ether oxygens (including phenoxy) is 1. The summed E-state index contributed by atoms with van der Waals surface area (Å²) in [6.07, 6.45) is 1.72. The molecule has 1 unspecified atom stereocenters. The van der Waals surface area contributed by atoms with Crippen molar-refractivity contribution in [3.8, 4) is 5.88 Å². The first-order valence-corrected chi connectivity index (χ1v) is 8.13. The molecule has 2 N–H and O–H groups in total. The van der Waals surface area contributed by atoms with E-state index >= 15 is 0 Å². The Morgan fingerprint density at radius 2 is 2.22 bits per heavy atom. The molecule has 0 aromatic carbocycles. The van der Waals surface area contributed by atoms with Crippen LogP contribution in [0.15, 0.2) is 40.1 Å². The number of halogens is 1. The quantitative estimate of drug-likeness (QED) is 0.407. The van der Waals surface area contributed by atoms with Crippen molar-refractivity contribution in [3.05, 3.63) is 46.3 Å². The van der Waals surface area contributed by atoms with Gasteiger partial charge in [0.15, 0.2) is 5.96 Å². The maximum atomic E-state index is 5.25. The number of guanidine groups is 1. The van der Waals surface area contributed by atoms with E-state index in [9.17, 15) is 0 Å². The van der Waals surface area contributed by atoms with Crippen LogP contribution in [-0.4, -0.2) is 31.6 Å². The molecule has 0 aliphatic heterocycles. The Balaban J connectivity index is 0.00000264. The third-order valence-electron chi connectivity index (χ3n) is 3.40. The number of nitrogens with zero attached hydrogens (tertiary/aromatic N) is 2. The molecule has 0 fully saturated rings. The molecule has 2 rings (SSSR count). The van der Waals surface area contributed by atoms with E-state index < -0.39 is 0 Å². The number of rotatable bonds is 6. The van der Waals surface area contributed by atoms with Crippen LogP contribution in [0.4, 0.5) is 0 Å². The van der Waals surface area contributed by atoms with Crippen LogP contribution in [-0.2, 0) is 6.54 Å². The molecule has 1 atom stereocenters. The molecule has 2 aromatic rings. The number of hydrogen-bond donors (Lipinski definition) is 2. The van der Waals surface area contributed by atoms with Gasteiger partial charge in [0.2, 0.25) is 5.88 Å². The molecule has 2 heterocycles. The standard InChI is InChI=1S/C16H22N4OS.HI/c1-12(14-6-8-22-11-14)9-19-16(17-2)20-10-13-5-4-7-18-15(13)21-3;/h4-8,11-12H,9-10H2,1-3H3,(H2,17,19,20);1H. The van der Waals surface area contributed by atoms with Gasteiger partial charge in [0, 0.05) is 31.9 Å². The van der Waals surface area contributed by atoms with E-state index in [4.69, 9.17) is 4.74 Å². The third-order valence-corrected chi connectivity index (χ3v) is 4.10. The van der Waals surface area contributed by atoms with Gasteiger partial charge in [-0.1, -0.05) is 13.0 Å². The summed E-state index contributed by atoms with van der Waals surface area (Å²) in [5.74, 6) is 1.85. The van der Waals surface area contributed by atoms with Crippen molar-refractivity contribution in [2.24, 2.45) is 4.99 Å². The van der Waals surface area contributed by atoms with Crippen LogP contribution < -0.4 is 15.4 Å². The highest BCUT2D eigenvalue weighted by molar-refractivity contribution is 14.0. The van der Waals surface area contributed by atoms with Gasteiger partial charge in [0.1, 0.15) is 0 Å². The van der Waals surface area contributed by atoms with Gasteiger partial charge in [-0.25, -0.2) is 4.98 Å². The molecule has 0 bridgehead atoms. The zero-order valence-electron chi connectivity index (χ0n) is 13.6. The second-order valence-electron chi connectivity index (χ2n) is 4.94. The second-order valence-corrected chi connectivity index (χ2v) is 5.72. The largest absolute Gasteiger partial charge is 0.481 e. The Morgan fingerprint density at radius 3 is 2.87 bits per heavy atom. The summed E-state index contributed by atoms with van der Waals surface area (Å²) < 4.78 is 5.25. The highest BCUT2D eigenvalue weighted by Crippen LogP contribution is 2.17. The number of aliphatic imine (C=N–C) groups is 1. The fourth-order valence-corrected chi connectivity index (χ4v) is 2.85. The normalized spacial score (nSPS) is 12.2. The summed E-state index contributed by atoms with van der Waals surface area (Å²) in [5, 5.41) is 10.9. The summed E-state index contributed by atoms with van der Waals surface area (Å²) >= 11 is 1.73. The topological polar surface area (TPSA) is 58.5 Å². The maximum absolute atomic E-state index is 5.25. The molecule has 2 aromatic heterocycles. The lowest BCUT2D eigenvalue weighted by Gasteiger charge is -2.16. The molecule has 0 radical (unpaired) electrons. The minimum atomic E-state index is 0. The Kier molecular flexibility index (Phi) is 8.93. The summed E-state index contributed by atoms with van der Waals surface area (Å²) in [5.41, 5.74) is 2.35. The van der Waals surface area contributed by atoms with E-state index in [0.29, 0.717) is 18.3 Å². The van der Waals surface area contributed by atoms with Crippen LogP contribution in [0.25, 0.3) is 0 Å². The number of thiophene rings is 1. The van der Waals surface area contributed by atoms with Crippen LogP contribution in [0, 0.1) is 0 Å². The SMILES string of the molecule is CN=C(NCc1cccnc1OC)NCC(C)c1ccsc1.I. The Bertz CT molecular complexity index is 604. The van der Waals surface area contributed by atoms with E-state index in [-0.39, 0.29) is 24.0 Å². The van der Waals surface area contributed by atoms with Crippen molar-refractivity contribution in [3.63, 3.8) is 0 Å². The Morgan fingerprint density at radius 1 is 1.39 bits per heavy atom. The van der Waals surface area contributed by atoms with Gasteiger partial charge in [-0.15, -0.1) is 24.0 Å². The molecular weight excluding hydrogens is 423 g/mol. The average molecular weight is 446 g/mol. The predicted molar refractivity (Wildman–Crippen MR) is 107 cm³/mol. The molecular formula is C16H23IN4OS. The van der Waals surface area contributed by atoms with Crippen molar-refractivity contribution in [1.82, 2.24) is 15.6 Å². The zero-order valence-corrected chi connectivity index (χ0v) is 16.7. The molecule has 0 aliphatic carbocycles. The van der Waals surface area contributed by atoms with Gasteiger partial charge in [0.05, 0.1) is 7.11 Å². The second kappa shape index (κ2) is 10.4. The predicted octanol–water partition coefficient (Wildman–Crippen LogP) is 3.24. The van der Waals surface area contributed by atoms with Crippen LogP contribution in [0.5, 0.6) is 5.88 Å². The molecule has 7 heteroatoms. The van der Waals surface area contributed by atoms with Gasteiger partial charge >= 0.3 is 0 Å². The molecule has 5 nitrogen and oxygen atoms in total. The van der Waals surface area contributed by atoms with Crippen molar-refractivity contribution >= 4 is 41.3 Å². The number of aromatic nitrogens is 1. The highest BCUT2D eigenvalue weighted by atomic mass is 127. The van der Waals surface area contributed by atoms with E-state index in [1.54, 1.807) is 31.7 Å². The summed E-state index contributed by atoms with van der Waals surface area (Å²) in [6, 6.07) is 6.04. The molecule has 0 aliphatic rings. The molecule has 126 valence electrons. The molecule has 0 amide bonds. The molecule has 0 spiro atoms. The number of hydrogen-bond acceptors (Lipinski definition) is 4. The first kappa shape index (κ1) is 19.7. The number of methoxy groups -OCH3 is 1. The summed E-state index contributed by atoms with van der Waals surface area (Å²) in [4.78, 5) is 8.44. The van der Waals surface area contributed by atoms with E-state index in [0.717, 1.165) is 18.1 Å². The minimum Gasteiger partial charge on any atom is -0.481 e. The lowest BCUT2D eigenvalue weighted by Crippen LogP contribution is -2.38. The Labute approximate surface area is 158 Å². The van der Waals surface area contributed by atoms with E-state index in [1.165, 1.54) is 5.56 Å². The fourth-order valence-electron chi connectivity index (χ4n) is 2.07. The van der Waals surface area contributed by atoms with Crippen molar-refractivity contribution < 1.29 is 4.74 Å². The van der Waals surface area contributed by atoms with E-state index in [2.05, 4.69) is 44.4 Å². The number of nitrogens with one attached hydrogen (secondary N) is 2. The van der Waals surface area contributed by atoms with Crippen molar-refractivity contribution in [2.75, 3.05) is 20.7 Å². The lowest BCUT2D eigenvalue weighted by molar-refractivity contribution is 0.392. The van der Waals surface area contributed by atoms with Gasteiger partial charge in [0.25, 0.3) is 0 Å². The van der Waals surface area contributed by atoms with Crippen molar-refractivity contribution in [2.45, 2.75) is 19.4 Å². The van der Waals surface area contributed by atoms with Gasteiger partial charge in [-0.3, -0.25) is 4.99 Å². The zero-order chi connectivity index (χ0) is 15.8. The Hall–Kier alpha value is -1.35. The molecule has 0 saturated heterocycles. The molecule has 0 saturated carbocycles. The van der Waals surface area contributed by atoms with Gasteiger partial charge in [-0.05, 0) is 34.4 Å². The van der Waals surface area contributed by atoms with Crippen LogP contribution in [0.3, 0.4) is 0 Å². The van der Waals surface area contributed by atoms with Gasteiger partial charge < -0.3 is 15.4 Å².